The van der Waals surface area contributed by atoms with E-state index in [1.165, 1.54) is 11.0 Å². The maximum atomic E-state index is 12.1. The van der Waals surface area contributed by atoms with E-state index < -0.39 is 21.5 Å². The van der Waals surface area contributed by atoms with Gasteiger partial charge in [0.15, 0.2) is 10.8 Å². The minimum Gasteiger partial charge on any atom is -0.341 e. The molecule has 12 heteroatoms. The molecular weight excluding hydrogens is 299 g/mol. The Bertz CT molecular complexity index is 697. The third-order valence-electron chi connectivity index (χ3n) is 1.77. The van der Waals surface area contributed by atoms with Gasteiger partial charge >= 0.3 is 15.5 Å². The molecule has 2 aromatic rings. The van der Waals surface area contributed by atoms with Gasteiger partial charge in [-0.1, -0.05) is 11.6 Å². The Labute approximate surface area is 102 Å². The molecule has 2 rings (SSSR count). The predicted molar refractivity (Wildman–Crippen MR) is 55.3 cm³/mol. The molecule has 2 N–H and O–H groups in total. The Hall–Kier alpha value is -1.62. The molecule has 0 aliphatic carbocycles. The first-order valence-electron chi connectivity index (χ1n) is 4.16. The van der Waals surface area contributed by atoms with Gasteiger partial charge in [0.2, 0.25) is 5.95 Å². The molecule has 0 aliphatic rings. The van der Waals surface area contributed by atoms with Gasteiger partial charge in [0.25, 0.3) is 0 Å². The van der Waals surface area contributed by atoms with Crippen LogP contribution in [0.25, 0.3) is 11.2 Å². The van der Waals surface area contributed by atoms with E-state index in [1.54, 1.807) is 0 Å². The summed E-state index contributed by atoms with van der Waals surface area (Å²) in [6.45, 7) is 0. The molecule has 98 valence electrons. The van der Waals surface area contributed by atoms with Crippen molar-refractivity contribution in [2.24, 2.45) is 0 Å². The number of imidazole rings is 1. The van der Waals surface area contributed by atoms with Gasteiger partial charge in [0, 0.05) is 0 Å². The second-order valence-electron chi connectivity index (χ2n) is 2.99. The molecule has 2 aromatic heterocycles. The van der Waals surface area contributed by atoms with Gasteiger partial charge in [-0.15, -0.1) is 0 Å². The molecule has 0 aliphatic heterocycles. The third kappa shape index (κ3) is 2.18. The summed E-state index contributed by atoms with van der Waals surface area (Å²) in [5.74, 6) is -0.808. The topological polar surface area (TPSA) is 101 Å². The summed E-state index contributed by atoms with van der Waals surface area (Å²) in [5, 5.41) is -0.252. The van der Waals surface area contributed by atoms with Crippen LogP contribution in [0.1, 0.15) is 0 Å². The number of aromatic amines is 1. The van der Waals surface area contributed by atoms with Gasteiger partial charge in [-0.05, 0) is 0 Å². The van der Waals surface area contributed by atoms with Gasteiger partial charge < -0.3 is 4.98 Å². The molecule has 0 saturated carbocycles. The predicted octanol–water partition coefficient (Wildman–Crippen LogP) is 1.27. The lowest BCUT2D eigenvalue weighted by molar-refractivity contribution is -0.0429. The van der Waals surface area contributed by atoms with E-state index >= 15 is 0 Å². The number of alkyl halides is 3. The Kier molecular flexibility index (Phi) is 2.81. The molecule has 0 fully saturated rings. The zero-order valence-electron chi connectivity index (χ0n) is 8.16. The lowest BCUT2D eigenvalue weighted by atomic mass is 10.6. The van der Waals surface area contributed by atoms with E-state index in [0.29, 0.717) is 0 Å². The minimum atomic E-state index is -5.59. The first kappa shape index (κ1) is 12.8. The maximum absolute atomic E-state index is 12.1. The summed E-state index contributed by atoms with van der Waals surface area (Å²) < 4.78 is 59.1. The smallest absolute Gasteiger partial charge is 0.341 e. The van der Waals surface area contributed by atoms with Crippen LogP contribution in [0.2, 0.25) is 5.15 Å². The normalized spacial score (nSPS) is 12.9. The van der Waals surface area contributed by atoms with Crippen LogP contribution in [-0.4, -0.2) is 33.9 Å². The zero-order chi connectivity index (χ0) is 13.6. The highest BCUT2D eigenvalue weighted by Gasteiger charge is 2.46. The third-order valence-corrected chi connectivity index (χ3v) is 3.11. The second-order valence-corrected chi connectivity index (χ2v) is 5.02. The molecule has 7 nitrogen and oxygen atoms in total. The number of nitrogens with zero attached hydrogens (tertiary/aromatic N) is 3. The van der Waals surface area contributed by atoms with Crippen LogP contribution >= 0.6 is 11.6 Å². The van der Waals surface area contributed by atoms with E-state index in [9.17, 15) is 21.6 Å². The number of hydrogen-bond donors (Lipinski definition) is 2. The fourth-order valence-electron chi connectivity index (χ4n) is 1.02. The fraction of sp³-hybridized carbons (Fsp3) is 0.167. The Morgan fingerprint density at radius 3 is 2.61 bits per heavy atom. The molecule has 0 radical (unpaired) electrons. The van der Waals surface area contributed by atoms with Gasteiger partial charge in [0.1, 0.15) is 5.52 Å². The summed E-state index contributed by atoms with van der Waals surface area (Å²) in [6.07, 6.45) is 1.19. The quantitative estimate of drug-likeness (QED) is 0.813. The average Bonchev–Trinajstić information content (AvgIpc) is 2.63. The average molecular weight is 302 g/mol. The molecular formula is C6H3ClF3N5O2S. The van der Waals surface area contributed by atoms with Crippen LogP contribution in [0.15, 0.2) is 6.33 Å². The molecule has 0 aromatic carbocycles. The van der Waals surface area contributed by atoms with Crippen molar-refractivity contribution in [2.45, 2.75) is 5.51 Å². The van der Waals surface area contributed by atoms with Crippen LogP contribution in [0, 0.1) is 0 Å². The Balaban J connectivity index is 2.45. The first-order valence-corrected chi connectivity index (χ1v) is 6.02. The molecule has 0 bridgehead atoms. The van der Waals surface area contributed by atoms with Crippen LogP contribution in [0.3, 0.4) is 0 Å². The number of nitrogens with one attached hydrogen (secondary N) is 2. The number of H-pyrrole nitrogens is 1. The summed E-state index contributed by atoms with van der Waals surface area (Å²) in [5.41, 5.74) is -5.34. The van der Waals surface area contributed by atoms with E-state index in [0.717, 1.165) is 0 Å². The number of halogens is 4. The van der Waals surface area contributed by atoms with E-state index in [2.05, 4.69) is 19.9 Å². The van der Waals surface area contributed by atoms with Crippen molar-refractivity contribution in [3.63, 3.8) is 0 Å². The highest BCUT2D eigenvalue weighted by atomic mass is 35.5. The molecule has 0 spiro atoms. The number of aromatic nitrogens is 4. The molecule has 2 heterocycles. The molecule has 0 unspecified atom stereocenters. The number of fused-ring (bicyclic) bond motifs is 1. The van der Waals surface area contributed by atoms with Gasteiger partial charge in [0.05, 0.1) is 6.33 Å². The molecule has 18 heavy (non-hydrogen) atoms. The SMILES string of the molecule is O=S(=O)(Nc1nc(Cl)c2[nH]cnc2n1)C(F)(F)F. The lowest BCUT2D eigenvalue weighted by Gasteiger charge is -2.08. The lowest BCUT2D eigenvalue weighted by Crippen LogP contribution is -2.30. The van der Waals surface area contributed by atoms with E-state index in [-0.39, 0.29) is 16.3 Å². The number of sulfonamides is 1. The van der Waals surface area contributed by atoms with Crippen molar-refractivity contribution < 1.29 is 21.6 Å². The van der Waals surface area contributed by atoms with E-state index in [1.807, 2.05) is 0 Å². The molecule has 0 amide bonds. The highest BCUT2D eigenvalue weighted by molar-refractivity contribution is 7.93. The standard InChI is InChI=1S/C6H3ClF3N5O2S/c7-3-2-4(12-1-11-2)14-5(13-3)15-18(16,17)6(8,9)10/h1H,(H2,11,12,13,14,15). The zero-order valence-corrected chi connectivity index (χ0v) is 9.73. The fourth-order valence-corrected chi connectivity index (χ4v) is 1.69. The number of anilines is 1. The summed E-state index contributed by atoms with van der Waals surface area (Å²) in [4.78, 5) is 13.0. The van der Waals surface area contributed by atoms with Crippen molar-refractivity contribution in [3.8, 4) is 0 Å². The van der Waals surface area contributed by atoms with Crippen LogP contribution in [0.5, 0.6) is 0 Å². The monoisotopic (exact) mass is 301 g/mol. The Morgan fingerprint density at radius 2 is 2.00 bits per heavy atom. The van der Waals surface area contributed by atoms with Gasteiger partial charge in [-0.2, -0.15) is 31.6 Å². The van der Waals surface area contributed by atoms with Crippen molar-refractivity contribution in [1.29, 1.82) is 0 Å². The minimum absolute atomic E-state index is 0.0603. The van der Waals surface area contributed by atoms with Crippen molar-refractivity contribution in [1.82, 2.24) is 19.9 Å². The van der Waals surface area contributed by atoms with Crippen molar-refractivity contribution in [3.05, 3.63) is 11.5 Å². The Morgan fingerprint density at radius 1 is 1.33 bits per heavy atom. The van der Waals surface area contributed by atoms with Gasteiger partial charge in [-0.3, -0.25) is 0 Å². The summed E-state index contributed by atoms with van der Waals surface area (Å²) in [6, 6.07) is 0. The summed E-state index contributed by atoms with van der Waals surface area (Å²) >= 11 is 5.61. The van der Waals surface area contributed by atoms with Crippen LogP contribution < -0.4 is 4.72 Å². The van der Waals surface area contributed by atoms with Crippen LogP contribution in [0.4, 0.5) is 19.1 Å². The van der Waals surface area contributed by atoms with Crippen molar-refractivity contribution >= 4 is 38.7 Å². The molecule has 0 saturated heterocycles. The van der Waals surface area contributed by atoms with Gasteiger partial charge in [-0.25, -0.2) is 9.71 Å². The van der Waals surface area contributed by atoms with E-state index in [4.69, 9.17) is 11.6 Å². The molecule has 0 atom stereocenters. The number of hydrogen-bond acceptors (Lipinski definition) is 5. The maximum Gasteiger partial charge on any atom is 0.516 e. The first-order chi connectivity index (χ1) is 8.21. The highest BCUT2D eigenvalue weighted by Crippen LogP contribution is 2.25. The summed E-state index contributed by atoms with van der Waals surface area (Å²) in [7, 11) is -5.59. The largest absolute Gasteiger partial charge is 0.516 e. The van der Waals surface area contributed by atoms with Crippen molar-refractivity contribution in [2.75, 3.05) is 4.72 Å². The van der Waals surface area contributed by atoms with Crippen LogP contribution in [-0.2, 0) is 10.0 Å². The second kappa shape index (κ2) is 3.95. The number of rotatable bonds is 2.